The molecule has 1 aromatic heterocycles. The quantitative estimate of drug-likeness (QED) is 0.744. The highest BCUT2D eigenvalue weighted by Crippen LogP contribution is 2.34. The molecule has 18 heavy (non-hydrogen) atoms. The minimum absolute atomic E-state index is 0.454. The third-order valence-corrected chi connectivity index (χ3v) is 3.49. The first kappa shape index (κ1) is 11.5. The molecule has 5 heteroatoms. The topological polar surface area (TPSA) is 58.4 Å². The van der Waals surface area contributed by atoms with Crippen LogP contribution in [0, 0.1) is 18.3 Å². The lowest BCUT2D eigenvalue weighted by Gasteiger charge is -2.24. The normalized spacial score (nSPS) is 21.4. The Balaban J connectivity index is 1.88. The Kier molecular flexibility index (Phi) is 2.69. The van der Waals surface area contributed by atoms with Crippen molar-refractivity contribution in [2.75, 3.05) is 31.2 Å². The summed E-state index contributed by atoms with van der Waals surface area (Å²) in [6.45, 7) is 4.78. The molecule has 0 aromatic carbocycles. The number of anilines is 1. The number of nitrogens with zero attached hydrogens (tertiary/aromatic N) is 3. The van der Waals surface area contributed by atoms with Gasteiger partial charge in [0, 0.05) is 24.9 Å². The van der Waals surface area contributed by atoms with Gasteiger partial charge < -0.3 is 14.4 Å². The number of aryl methyl sites for hydroxylation is 1. The molecule has 3 rings (SSSR count). The molecule has 2 aliphatic rings. The largest absolute Gasteiger partial charge is 0.365 e. The molecule has 0 bridgehead atoms. The summed E-state index contributed by atoms with van der Waals surface area (Å²) in [4.78, 5) is 6.31. The van der Waals surface area contributed by atoms with Gasteiger partial charge in [0.25, 0.3) is 0 Å². The summed E-state index contributed by atoms with van der Waals surface area (Å²) < 4.78 is 11.4. The first-order chi connectivity index (χ1) is 8.72. The average molecular weight is 245 g/mol. The molecule has 0 aliphatic carbocycles. The molecule has 2 fully saturated rings. The molecule has 1 spiro atoms. The summed E-state index contributed by atoms with van der Waals surface area (Å²) in [5.74, 6) is -0.454. The van der Waals surface area contributed by atoms with Crippen molar-refractivity contribution in [1.82, 2.24) is 4.98 Å². The summed E-state index contributed by atoms with van der Waals surface area (Å²) >= 11 is 0. The lowest BCUT2D eigenvalue weighted by molar-refractivity contribution is -0.137. The van der Waals surface area contributed by atoms with Crippen LogP contribution < -0.4 is 4.90 Å². The van der Waals surface area contributed by atoms with Crippen LogP contribution in [0.4, 0.5) is 5.69 Å². The second kappa shape index (κ2) is 4.23. The molecule has 0 atom stereocenters. The Labute approximate surface area is 106 Å². The lowest BCUT2D eigenvalue weighted by Crippen LogP contribution is -2.34. The van der Waals surface area contributed by atoms with E-state index >= 15 is 0 Å². The van der Waals surface area contributed by atoms with E-state index in [-0.39, 0.29) is 0 Å². The maximum atomic E-state index is 9.15. The smallest absolute Gasteiger partial charge is 0.187 e. The molecular weight excluding hydrogens is 230 g/mol. The summed E-state index contributed by atoms with van der Waals surface area (Å²) in [6, 6.07) is 4.14. The van der Waals surface area contributed by atoms with Crippen LogP contribution >= 0.6 is 0 Å². The van der Waals surface area contributed by atoms with E-state index in [9.17, 15) is 0 Å². The first-order valence-electron chi connectivity index (χ1n) is 6.12. The highest BCUT2D eigenvalue weighted by Gasteiger charge is 2.43. The van der Waals surface area contributed by atoms with Crippen LogP contribution in [-0.2, 0) is 9.47 Å². The van der Waals surface area contributed by atoms with Crippen LogP contribution in [0.2, 0.25) is 0 Å². The Morgan fingerprint density at radius 2 is 2.22 bits per heavy atom. The fraction of sp³-hybridized carbons (Fsp3) is 0.538. The van der Waals surface area contributed by atoms with Gasteiger partial charge in [0.05, 0.1) is 31.0 Å². The molecule has 1 aromatic rings. The van der Waals surface area contributed by atoms with E-state index in [0.29, 0.717) is 25.3 Å². The minimum atomic E-state index is -0.454. The Morgan fingerprint density at radius 3 is 2.94 bits per heavy atom. The van der Waals surface area contributed by atoms with Crippen molar-refractivity contribution in [1.29, 1.82) is 5.26 Å². The number of ether oxygens (including phenoxy) is 2. The fourth-order valence-electron chi connectivity index (χ4n) is 2.59. The van der Waals surface area contributed by atoms with E-state index in [0.717, 1.165) is 24.3 Å². The highest BCUT2D eigenvalue weighted by atomic mass is 16.7. The van der Waals surface area contributed by atoms with Crippen LogP contribution in [0.25, 0.3) is 0 Å². The summed E-state index contributed by atoms with van der Waals surface area (Å²) in [6.07, 6.45) is 2.48. The van der Waals surface area contributed by atoms with Crippen molar-refractivity contribution in [2.45, 2.75) is 19.1 Å². The average Bonchev–Trinajstić information content (AvgIpc) is 3.00. The van der Waals surface area contributed by atoms with Gasteiger partial charge in [-0.3, -0.25) is 4.98 Å². The predicted octanol–water partition coefficient (Wildman–Crippen LogP) is 1.21. The minimum Gasteiger partial charge on any atom is -0.365 e. The molecule has 3 heterocycles. The van der Waals surface area contributed by atoms with E-state index in [1.807, 2.05) is 13.0 Å². The summed E-state index contributed by atoms with van der Waals surface area (Å²) in [5, 5.41) is 9.15. The van der Waals surface area contributed by atoms with Crippen LogP contribution in [0.1, 0.15) is 17.7 Å². The third kappa shape index (κ3) is 1.84. The molecule has 94 valence electrons. The van der Waals surface area contributed by atoms with Gasteiger partial charge in [-0.1, -0.05) is 0 Å². The van der Waals surface area contributed by atoms with Crippen molar-refractivity contribution < 1.29 is 9.47 Å². The Bertz CT molecular complexity index is 503. The van der Waals surface area contributed by atoms with Crippen LogP contribution in [0.15, 0.2) is 12.3 Å². The summed E-state index contributed by atoms with van der Waals surface area (Å²) in [7, 11) is 0. The SMILES string of the molecule is Cc1cc(N2CCC3(C2)OCCO3)c(C#N)cn1. The van der Waals surface area contributed by atoms with Crippen molar-refractivity contribution >= 4 is 5.69 Å². The van der Waals surface area contributed by atoms with Gasteiger partial charge in [-0.05, 0) is 13.0 Å². The van der Waals surface area contributed by atoms with Crippen molar-refractivity contribution in [3.05, 3.63) is 23.5 Å². The molecule has 0 saturated carbocycles. The zero-order valence-corrected chi connectivity index (χ0v) is 10.3. The Hall–Kier alpha value is -1.64. The Morgan fingerprint density at radius 1 is 1.44 bits per heavy atom. The first-order valence-corrected chi connectivity index (χ1v) is 6.12. The fourth-order valence-corrected chi connectivity index (χ4v) is 2.59. The predicted molar refractivity (Wildman–Crippen MR) is 65.2 cm³/mol. The molecule has 2 aliphatic heterocycles. The van der Waals surface area contributed by atoms with Gasteiger partial charge in [-0.15, -0.1) is 0 Å². The van der Waals surface area contributed by atoms with E-state index in [1.165, 1.54) is 0 Å². The molecular formula is C13H15N3O2. The number of aromatic nitrogens is 1. The molecule has 0 radical (unpaired) electrons. The van der Waals surface area contributed by atoms with Crippen molar-refractivity contribution in [3.63, 3.8) is 0 Å². The van der Waals surface area contributed by atoms with Gasteiger partial charge in [0.1, 0.15) is 6.07 Å². The van der Waals surface area contributed by atoms with E-state index in [4.69, 9.17) is 14.7 Å². The number of pyridine rings is 1. The maximum Gasteiger partial charge on any atom is 0.187 e. The zero-order valence-electron chi connectivity index (χ0n) is 10.3. The van der Waals surface area contributed by atoms with Crippen molar-refractivity contribution in [3.8, 4) is 6.07 Å². The summed E-state index contributed by atoms with van der Waals surface area (Å²) in [5.41, 5.74) is 2.45. The molecule has 2 saturated heterocycles. The van der Waals surface area contributed by atoms with E-state index < -0.39 is 5.79 Å². The highest BCUT2D eigenvalue weighted by molar-refractivity contribution is 5.59. The number of hydrogen-bond donors (Lipinski definition) is 0. The monoisotopic (exact) mass is 245 g/mol. The van der Waals surface area contributed by atoms with Gasteiger partial charge in [0.15, 0.2) is 5.79 Å². The van der Waals surface area contributed by atoms with Gasteiger partial charge >= 0.3 is 0 Å². The number of nitriles is 1. The number of rotatable bonds is 1. The molecule has 5 nitrogen and oxygen atoms in total. The molecule has 0 N–H and O–H groups in total. The van der Waals surface area contributed by atoms with Gasteiger partial charge in [-0.25, -0.2) is 0 Å². The van der Waals surface area contributed by atoms with Crippen LogP contribution in [-0.4, -0.2) is 37.1 Å². The van der Waals surface area contributed by atoms with Crippen LogP contribution in [0.5, 0.6) is 0 Å². The second-order valence-electron chi connectivity index (χ2n) is 4.73. The van der Waals surface area contributed by atoms with E-state index in [1.54, 1.807) is 6.20 Å². The maximum absolute atomic E-state index is 9.15. The number of hydrogen-bond acceptors (Lipinski definition) is 5. The standard InChI is InChI=1S/C13H15N3O2/c1-10-6-12(11(7-14)8-15-10)16-3-2-13(9-16)17-4-5-18-13/h6,8H,2-5,9H2,1H3. The van der Waals surface area contributed by atoms with Crippen LogP contribution in [0.3, 0.4) is 0 Å². The second-order valence-corrected chi connectivity index (χ2v) is 4.73. The lowest BCUT2D eigenvalue weighted by atomic mass is 10.2. The zero-order chi connectivity index (χ0) is 12.6. The van der Waals surface area contributed by atoms with Gasteiger partial charge in [0.2, 0.25) is 0 Å². The molecule has 0 unspecified atom stereocenters. The van der Waals surface area contributed by atoms with Crippen molar-refractivity contribution in [2.24, 2.45) is 0 Å². The van der Waals surface area contributed by atoms with Gasteiger partial charge in [-0.2, -0.15) is 5.26 Å². The molecule has 0 amide bonds. The van der Waals surface area contributed by atoms with E-state index in [2.05, 4.69) is 16.0 Å². The third-order valence-electron chi connectivity index (χ3n) is 3.49.